The van der Waals surface area contributed by atoms with Crippen LogP contribution in [0.1, 0.15) is 11.1 Å². The number of nitro benzene ring substituents is 1. The molecule has 3 rings (SSSR count). The smallest absolute Gasteiger partial charge is 0.276 e. The molecular formula is C21H20N2O5. The molecule has 28 heavy (non-hydrogen) atoms. The Morgan fingerprint density at radius 2 is 1.82 bits per heavy atom. The van der Waals surface area contributed by atoms with E-state index in [1.807, 2.05) is 30.3 Å². The van der Waals surface area contributed by atoms with Crippen LogP contribution in [0.4, 0.5) is 5.69 Å². The summed E-state index contributed by atoms with van der Waals surface area (Å²) in [4.78, 5) is 15.4. The molecule has 0 atom stereocenters. The van der Waals surface area contributed by atoms with Crippen molar-refractivity contribution in [2.75, 3.05) is 27.4 Å². The van der Waals surface area contributed by atoms with Gasteiger partial charge in [-0.1, -0.05) is 18.2 Å². The second-order valence-corrected chi connectivity index (χ2v) is 5.93. The normalized spacial score (nSPS) is 11.1. The van der Waals surface area contributed by atoms with Crippen LogP contribution in [-0.4, -0.2) is 37.3 Å². The summed E-state index contributed by atoms with van der Waals surface area (Å²) in [6.07, 6.45) is 3.41. The van der Waals surface area contributed by atoms with Gasteiger partial charge in [0.05, 0.1) is 29.7 Å². The van der Waals surface area contributed by atoms with Gasteiger partial charge in [-0.05, 0) is 36.4 Å². The molecule has 0 aliphatic rings. The molecule has 3 aromatic rings. The number of hydrogen-bond donors (Lipinski definition) is 0. The maximum atomic E-state index is 11.4. The average Bonchev–Trinajstić information content (AvgIpc) is 2.71. The summed E-state index contributed by atoms with van der Waals surface area (Å²) in [7, 11) is 3.12. The molecule has 0 aliphatic heterocycles. The Morgan fingerprint density at radius 3 is 2.57 bits per heavy atom. The van der Waals surface area contributed by atoms with E-state index in [2.05, 4.69) is 4.98 Å². The van der Waals surface area contributed by atoms with E-state index in [0.717, 1.165) is 16.5 Å². The number of methoxy groups -OCH3 is 2. The Kier molecular flexibility index (Phi) is 6.18. The molecule has 0 saturated carbocycles. The van der Waals surface area contributed by atoms with Gasteiger partial charge >= 0.3 is 0 Å². The quantitative estimate of drug-likeness (QED) is 0.328. The molecule has 0 amide bonds. The highest BCUT2D eigenvalue weighted by Gasteiger charge is 2.13. The molecule has 7 nitrogen and oxygen atoms in total. The topological polar surface area (TPSA) is 83.7 Å². The van der Waals surface area contributed by atoms with E-state index < -0.39 is 4.92 Å². The lowest BCUT2D eigenvalue weighted by atomic mass is 10.1. The zero-order valence-electron chi connectivity index (χ0n) is 15.6. The van der Waals surface area contributed by atoms with Crippen LogP contribution in [0, 0.1) is 10.1 Å². The Balaban J connectivity index is 1.97. The molecule has 1 aromatic heterocycles. The number of nitrogens with zero attached hydrogens (tertiary/aromatic N) is 2. The fourth-order valence-electron chi connectivity index (χ4n) is 2.74. The van der Waals surface area contributed by atoms with E-state index in [-0.39, 0.29) is 5.69 Å². The minimum atomic E-state index is -0.422. The third kappa shape index (κ3) is 4.44. The summed E-state index contributed by atoms with van der Waals surface area (Å²) in [5, 5.41) is 12.3. The molecular weight excluding hydrogens is 360 g/mol. The maximum absolute atomic E-state index is 11.4. The number of benzene rings is 2. The number of aromatic nitrogens is 1. The Hall–Kier alpha value is -3.45. The van der Waals surface area contributed by atoms with Crippen molar-refractivity contribution in [1.29, 1.82) is 0 Å². The zero-order chi connectivity index (χ0) is 19.9. The van der Waals surface area contributed by atoms with Crippen LogP contribution in [0.15, 0.2) is 48.5 Å². The highest BCUT2D eigenvalue weighted by atomic mass is 16.6. The van der Waals surface area contributed by atoms with Gasteiger partial charge in [-0.25, -0.2) is 4.98 Å². The molecule has 0 aliphatic carbocycles. The zero-order valence-corrected chi connectivity index (χ0v) is 15.6. The largest absolute Gasteiger partial charge is 0.491 e. The third-order valence-electron chi connectivity index (χ3n) is 4.10. The first-order valence-corrected chi connectivity index (χ1v) is 8.64. The van der Waals surface area contributed by atoms with Crippen LogP contribution >= 0.6 is 0 Å². The summed E-state index contributed by atoms with van der Waals surface area (Å²) in [6.45, 7) is 0.794. The molecule has 144 valence electrons. The Bertz CT molecular complexity index is 1020. The molecule has 7 heteroatoms. The van der Waals surface area contributed by atoms with Gasteiger partial charge in [0.1, 0.15) is 12.4 Å². The first-order valence-electron chi connectivity index (χ1n) is 8.64. The molecule has 0 spiro atoms. The monoisotopic (exact) mass is 380 g/mol. The average molecular weight is 380 g/mol. The molecule has 0 bridgehead atoms. The number of pyridine rings is 1. The fraction of sp³-hybridized carbons (Fsp3) is 0.190. The molecule has 0 unspecified atom stereocenters. The molecule has 0 N–H and O–H groups in total. The molecule has 0 fully saturated rings. The summed E-state index contributed by atoms with van der Waals surface area (Å²) in [6, 6.07) is 14.2. The van der Waals surface area contributed by atoms with Crippen molar-refractivity contribution in [3.63, 3.8) is 0 Å². The minimum absolute atomic E-state index is 0.0111. The lowest BCUT2D eigenvalue weighted by Crippen LogP contribution is -2.04. The van der Waals surface area contributed by atoms with Crippen LogP contribution in [0.3, 0.4) is 0 Å². The predicted molar refractivity (Wildman–Crippen MR) is 108 cm³/mol. The van der Waals surface area contributed by atoms with E-state index in [4.69, 9.17) is 14.2 Å². The van der Waals surface area contributed by atoms with Crippen molar-refractivity contribution in [2.45, 2.75) is 0 Å². The van der Waals surface area contributed by atoms with Crippen molar-refractivity contribution < 1.29 is 19.1 Å². The van der Waals surface area contributed by atoms with Gasteiger partial charge in [0.15, 0.2) is 0 Å². The molecule has 1 heterocycles. The second kappa shape index (κ2) is 8.96. The molecule has 0 saturated heterocycles. The van der Waals surface area contributed by atoms with Crippen LogP contribution in [-0.2, 0) is 4.74 Å². The van der Waals surface area contributed by atoms with Crippen molar-refractivity contribution in [3.05, 3.63) is 69.8 Å². The van der Waals surface area contributed by atoms with Crippen molar-refractivity contribution >= 4 is 28.7 Å². The lowest BCUT2D eigenvalue weighted by molar-refractivity contribution is -0.385. The predicted octanol–water partition coefficient (Wildman–Crippen LogP) is 4.35. The summed E-state index contributed by atoms with van der Waals surface area (Å²) < 4.78 is 15.9. The number of nitro groups is 1. The van der Waals surface area contributed by atoms with Gasteiger partial charge in [-0.2, -0.15) is 0 Å². The van der Waals surface area contributed by atoms with E-state index in [0.29, 0.717) is 30.4 Å². The highest BCUT2D eigenvalue weighted by molar-refractivity contribution is 5.85. The first kappa shape index (κ1) is 19.3. The third-order valence-corrected chi connectivity index (χ3v) is 4.10. The Labute approximate surface area is 162 Å². The van der Waals surface area contributed by atoms with Gasteiger partial charge in [-0.3, -0.25) is 10.1 Å². The van der Waals surface area contributed by atoms with E-state index >= 15 is 0 Å². The number of rotatable bonds is 8. The van der Waals surface area contributed by atoms with Crippen LogP contribution in [0.2, 0.25) is 0 Å². The van der Waals surface area contributed by atoms with Crippen molar-refractivity contribution in [1.82, 2.24) is 4.98 Å². The Morgan fingerprint density at radius 1 is 1.04 bits per heavy atom. The van der Waals surface area contributed by atoms with Gasteiger partial charge in [0, 0.05) is 24.1 Å². The van der Waals surface area contributed by atoms with E-state index in [1.54, 1.807) is 38.5 Å². The van der Waals surface area contributed by atoms with E-state index in [9.17, 15) is 10.1 Å². The van der Waals surface area contributed by atoms with Gasteiger partial charge in [-0.15, -0.1) is 0 Å². The van der Waals surface area contributed by atoms with Gasteiger partial charge in [0.25, 0.3) is 5.69 Å². The van der Waals surface area contributed by atoms with Gasteiger partial charge in [0.2, 0.25) is 5.88 Å². The molecule has 2 aromatic carbocycles. The summed E-state index contributed by atoms with van der Waals surface area (Å²) >= 11 is 0. The summed E-state index contributed by atoms with van der Waals surface area (Å²) in [5.41, 5.74) is 1.95. The number of fused-ring (bicyclic) bond motifs is 1. The maximum Gasteiger partial charge on any atom is 0.276 e. The van der Waals surface area contributed by atoms with Gasteiger partial charge < -0.3 is 14.2 Å². The number of hydrogen-bond acceptors (Lipinski definition) is 6. The van der Waals surface area contributed by atoms with E-state index in [1.165, 1.54) is 6.07 Å². The number of para-hydroxylation sites is 1. The van der Waals surface area contributed by atoms with Crippen LogP contribution < -0.4 is 9.47 Å². The lowest BCUT2D eigenvalue weighted by Gasteiger charge is -2.08. The van der Waals surface area contributed by atoms with Crippen molar-refractivity contribution in [3.8, 4) is 11.6 Å². The minimum Gasteiger partial charge on any atom is -0.491 e. The first-order chi connectivity index (χ1) is 13.6. The van der Waals surface area contributed by atoms with Crippen molar-refractivity contribution in [2.24, 2.45) is 0 Å². The summed E-state index contributed by atoms with van der Waals surface area (Å²) in [5.74, 6) is 0.982. The molecule has 0 radical (unpaired) electrons. The van der Waals surface area contributed by atoms with Crippen LogP contribution in [0.5, 0.6) is 11.6 Å². The second-order valence-electron chi connectivity index (χ2n) is 5.93. The fourth-order valence-corrected chi connectivity index (χ4v) is 2.74. The standard InChI is InChI=1S/C21H20N2O5/c1-26-11-12-28-18-9-10-20(23(24)25)16(14-18)7-8-17-13-15-5-3-4-6-19(15)22-21(17)27-2/h3-10,13-14H,11-12H2,1-2H3/b8-7+. The van der Waals surface area contributed by atoms with Crippen LogP contribution in [0.25, 0.3) is 23.1 Å². The SMILES string of the molecule is COCCOc1ccc([N+](=O)[O-])c(/C=C/c2cc3ccccc3nc2OC)c1. The highest BCUT2D eigenvalue weighted by Crippen LogP contribution is 2.28. The number of ether oxygens (including phenoxy) is 3.